The average Bonchev–Trinajstić information content (AvgIpc) is 2.76. The molecule has 4 nitrogen and oxygen atoms in total. The summed E-state index contributed by atoms with van der Waals surface area (Å²) < 4.78 is 0. The molecule has 0 radical (unpaired) electrons. The predicted molar refractivity (Wildman–Crippen MR) is 92.6 cm³/mol. The van der Waals surface area contributed by atoms with E-state index in [1.165, 1.54) is 17.3 Å². The largest absolute Gasteiger partial charge is 0.322 e. The van der Waals surface area contributed by atoms with Crippen LogP contribution < -0.4 is 5.32 Å². The van der Waals surface area contributed by atoms with Gasteiger partial charge in [-0.25, -0.2) is 0 Å². The summed E-state index contributed by atoms with van der Waals surface area (Å²) in [6, 6.07) is 8.41. The van der Waals surface area contributed by atoms with E-state index in [4.69, 9.17) is 0 Å². The summed E-state index contributed by atoms with van der Waals surface area (Å²) in [7, 11) is 0. The minimum Gasteiger partial charge on any atom is -0.322 e. The van der Waals surface area contributed by atoms with Crippen LogP contribution >= 0.6 is 11.8 Å². The monoisotopic (exact) mass is 317 g/mol. The minimum absolute atomic E-state index is 0.0162. The summed E-state index contributed by atoms with van der Waals surface area (Å²) in [5.41, 5.74) is 3.92. The summed E-state index contributed by atoms with van der Waals surface area (Å²) in [5.74, 6) is 0.372. The Morgan fingerprint density at radius 3 is 2.36 bits per heavy atom. The molecule has 0 aliphatic rings. The lowest BCUT2D eigenvalue weighted by Gasteiger charge is -2.19. The van der Waals surface area contributed by atoms with E-state index in [0.717, 1.165) is 22.0 Å². The van der Waals surface area contributed by atoms with Gasteiger partial charge in [0, 0.05) is 4.90 Å². The highest BCUT2D eigenvalue weighted by Gasteiger charge is 2.13. The Labute approximate surface area is 136 Å². The van der Waals surface area contributed by atoms with Crippen molar-refractivity contribution in [1.29, 1.82) is 0 Å². The van der Waals surface area contributed by atoms with E-state index in [9.17, 15) is 4.79 Å². The number of rotatable bonds is 4. The number of thioether (sulfide) groups is 1. The van der Waals surface area contributed by atoms with Gasteiger partial charge in [-0.15, -0.1) is 11.8 Å². The lowest BCUT2D eigenvalue weighted by atomic mass is 9.87. The Hall–Kier alpha value is -1.75. The Bertz CT molecular complexity index is 634. The first-order valence-electron chi connectivity index (χ1n) is 7.32. The Morgan fingerprint density at radius 1 is 1.23 bits per heavy atom. The van der Waals surface area contributed by atoms with Crippen LogP contribution in [-0.2, 0) is 10.2 Å². The van der Waals surface area contributed by atoms with Crippen LogP contribution in [0.3, 0.4) is 0 Å². The number of hydrogen-bond acceptors (Lipinski definition) is 3. The van der Waals surface area contributed by atoms with E-state index in [1.807, 2.05) is 13.8 Å². The molecule has 22 heavy (non-hydrogen) atoms. The van der Waals surface area contributed by atoms with Gasteiger partial charge in [0.1, 0.15) is 0 Å². The number of aromatic amines is 1. The molecule has 1 amide bonds. The minimum atomic E-state index is -0.0162. The molecular formula is C17H23N3OS. The standard InChI is InChI=1S/C17H23N3OS/c1-11-16(12(2)20-19-11)18-15(21)10-22-14-8-6-13(7-9-14)17(3,4)5/h6-9H,10H2,1-5H3,(H,18,21)(H,19,20). The molecule has 0 atom stereocenters. The van der Waals surface area contributed by atoms with Crippen molar-refractivity contribution in [1.82, 2.24) is 10.2 Å². The first kappa shape index (κ1) is 16.6. The fourth-order valence-corrected chi connectivity index (χ4v) is 2.81. The molecule has 0 fully saturated rings. The highest BCUT2D eigenvalue weighted by atomic mass is 32.2. The first-order chi connectivity index (χ1) is 10.3. The average molecular weight is 317 g/mol. The fraction of sp³-hybridized carbons (Fsp3) is 0.412. The molecule has 2 aromatic rings. The normalized spacial score (nSPS) is 11.5. The molecule has 0 saturated heterocycles. The second-order valence-electron chi connectivity index (χ2n) is 6.42. The number of amides is 1. The summed E-state index contributed by atoms with van der Waals surface area (Å²) in [5, 5.41) is 9.85. The molecule has 1 aromatic carbocycles. The zero-order valence-corrected chi connectivity index (χ0v) is 14.6. The maximum Gasteiger partial charge on any atom is 0.234 e. The molecule has 5 heteroatoms. The van der Waals surface area contributed by atoms with Gasteiger partial charge in [-0.3, -0.25) is 9.89 Å². The summed E-state index contributed by atoms with van der Waals surface area (Å²) in [4.78, 5) is 13.1. The number of aromatic nitrogens is 2. The van der Waals surface area contributed by atoms with E-state index in [1.54, 1.807) is 0 Å². The molecular weight excluding hydrogens is 294 g/mol. The van der Waals surface area contributed by atoms with Crippen molar-refractivity contribution in [3.05, 3.63) is 41.2 Å². The van der Waals surface area contributed by atoms with Crippen LogP contribution in [0.1, 0.15) is 37.7 Å². The van der Waals surface area contributed by atoms with Gasteiger partial charge in [0.15, 0.2) is 0 Å². The van der Waals surface area contributed by atoms with Crippen molar-refractivity contribution < 1.29 is 4.79 Å². The molecule has 0 unspecified atom stereocenters. The molecule has 2 N–H and O–H groups in total. The summed E-state index contributed by atoms with van der Waals surface area (Å²) in [6.07, 6.45) is 0. The first-order valence-corrected chi connectivity index (χ1v) is 8.30. The lowest BCUT2D eigenvalue weighted by molar-refractivity contribution is -0.113. The van der Waals surface area contributed by atoms with Crippen LogP contribution in [-0.4, -0.2) is 21.9 Å². The van der Waals surface area contributed by atoms with Gasteiger partial charge >= 0.3 is 0 Å². The Balaban J connectivity index is 1.91. The molecule has 1 aromatic heterocycles. The summed E-state index contributed by atoms with van der Waals surface area (Å²) in [6.45, 7) is 10.3. The van der Waals surface area contributed by atoms with E-state index in [0.29, 0.717) is 5.75 Å². The number of benzene rings is 1. The molecule has 0 spiro atoms. The maximum atomic E-state index is 12.0. The highest BCUT2D eigenvalue weighted by molar-refractivity contribution is 8.00. The third kappa shape index (κ3) is 4.13. The molecule has 118 valence electrons. The van der Waals surface area contributed by atoms with E-state index >= 15 is 0 Å². The molecule has 0 aliphatic heterocycles. The predicted octanol–water partition coefficient (Wildman–Crippen LogP) is 4.05. The smallest absolute Gasteiger partial charge is 0.234 e. The van der Waals surface area contributed by atoms with Crippen molar-refractivity contribution in [2.75, 3.05) is 11.1 Å². The van der Waals surface area contributed by atoms with E-state index < -0.39 is 0 Å². The number of nitrogens with one attached hydrogen (secondary N) is 2. The van der Waals surface area contributed by atoms with Crippen molar-refractivity contribution in [2.24, 2.45) is 0 Å². The van der Waals surface area contributed by atoms with Gasteiger partial charge in [-0.2, -0.15) is 5.10 Å². The zero-order chi connectivity index (χ0) is 16.3. The third-order valence-electron chi connectivity index (χ3n) is 3.48. The quantitative estimate of drug-likeness (QED) is 0.836. The van der Waals surface area contributed by atoms with Crippen LogP contribution in [0, 0.1) is 13.8 Å². The van der Waals surface area contributed by atoms with Gasteiger partial charge in [0.05, 0.1) is 22.8 Å². The van der Waals surface area contributed by atoms with Crippen LogP contribution in [0.25, 0.3) is 0 Å². The van der Waals surface area contributed by atoms with Crippen LogP contribution in [0.4, 0.5) is 5.69 Å². The number of anilines is 1. The maximum absolute atomic E-state index is 12.0. The van der Waals surface area contributed by atoms with Gasteiger partial charge in [-0.05, 0) is 37.0 Å². The van der Waals surface area contributed by atoms with Gasteiger partial charge in [0.25, 0.3) is 0 Å². The van der Waals surface area contributed by atoms with E-state index in [2.05, 4.69) is 60.6 Å². The fourth-order valence-electron chi connectivity index (χ4n) is 2.11. The van der Waals surface area contributed by atoms with Gasteiger partial charge < -0.3 is 5.32 Å². The highest BCUT2D eigenvalue weighted by Crippen LogP contribution is 2.26. The van der Waals surface area contributed by atoms with Gasteiger partial charge in [0.2, 0.25) is 5.91 Å². The van der Waals surface area contributed by atoms with Crippen LogP contribution in [0.2, 0.25) is 0 Å². The number of nitrogens with zero attached hydrogens (tertiary/aromatic N) is 1. The lowest BCUT2D eigenvalue weighted by Crippen LogP contribution is -2.15. The molecule has 0 bridgehead atoms. The number of carbonyl (C=O) groups is 1. The van der Waals surface area contributed by atoms with Gasteiger partial charge in [-0.1, -0.05) is 32.9 Å². The van der Waals surface area contributed by atoms with Crippen molar-refractivity contribution in [3.8, 4) is 0 Å². The van der Waals surface area contributed by atoms with Crippen LogP contribution in [0.5, 0.6) is 0 Å². The topological polar surface area (TPSA) is 57.8 Å². The molecule has 2 rings (SSSR count). The second kappa shape index (κ2) is 6.57. The Morgan fingerprint density at radius 2 is 1.86 bits per heavy atom. The number of aryl methyl sites for hydroxylation is 2. The van der Waals surface area contributed by atoms with Crippen molar-refractivity contribution >= 4 is 23.4 Å². The number of H-pyrrole nitrogens is 1. The molecule has 0 saturated carbocycles. The molecule has 0 aliphatic carbocycles. The van der Waals surface area contributed by atoms with Crippen LogP contribution in [0.15, 0.2) is 29.2 Å². The van der Waals surface area contributed by atoms with Crippen molar-refractivity contribution in [3.63, 3.8) is 0 Å². The Kier molecular flexibility index (Phi) is 4.96. The third-order valence-corrected chi connectivity index (χ3v) is 4.49. The van der Waals surface area contributed by atoms with Crippen molar-refractivity contribution in [2.45, 2.75) is 44.9 Å². The number of carbonyl (C=O) groups excluding carboxylic acids is 1. The second-order valence-corrected chi connectivity index (χ2v) is 7.47. The van der Waals surface area contributed by atoms with E-state index in [-0.39, 0.29) is 11.3 Å². The number of hydrogen-bond donors (Lipinski definition) is 2. The molecule has 1 heterocycles. The SMILES string of the molecule is Cc1n[nH]c(C)c1NC(=O)CSc1ccc(C(C)(C)C)cc1. The summed E-state index contributed by atoms with van der Waals surface area (Å²) >= 11 is 1.54. The zero-order valence-electron chi connectivity index (χ0n) is 13.8.